The normalized spacial score (nSPS) is 10.9. The monoisotopic (exact) mass is 393 g/mol. The van der Waals surface area contributed by atoms with Gasteiger partial charge in [-0.15, -0.1) is 0 Å². The highest BCUT2D eigenvalue weighted by Crippen LogP contribution is 2.27. The predicted octanol–water partition coefficient (Wildman–Crippen LogP) is 2.52. The van der Waals surface area contributed by atoms with Crippen molar-refractivity contribution < 1.29 is 14.3 Å². The Hall–Kier alpha value is -4.28. The maximum atomic E-state index is 12.7. The fraction of sp³-hybridized carbons (Fsp3) is 0.111. The van der Waals surface area contributed by atoms with Crippen LogP contribution in [0.4, 0.5) is 17.2 Å². The van der Waals surface area contributed by atoms with Gasteiger partial charge in [-0.05, 0) is 41.0 Å². The minimum atomic E-state index is -0.509. The Morgan fingerprint density at radius 2 is 2.07 bits per heavy atom. The van der Waals surface area contributed by atoms with Crippen molar-refractivity contribution in [2.45, 2.75) is 13.5 Å². The summed E-state index contributed by atoms with van der Waals surface area (Å²) in [7, 11) is 0. The number of nitro benzene ring substituents is 1. The number of nitrogen functional groups attached to an aromatic ring is 1. The zero-order valence-electron chi connectivity index (χ0n) is 15.2. The number of anilines is 2. The molecule has 0 spiro atoms. The third-order valence-electron chi connectivity index (χ3n) is 4.24. The molecular formula is C18H15N7O4. The number of rotatable bonds is 5. The van der Waals surface area contributed by atoms with Gasteiger partial charge in [0.05, 0.1) is 16.0 Å². The van der Waals surface area contributed by atoms with Crippen molar-refractivity contribution in [2.75, 3.05) is 11.1 Å². The number of aryl methyl sites for hydroxylation is 1. The molecule has 0 fully saturated rings. The molecule has 0 aliphatic rings. The van der Waals surface area contributed by atoms with Crippen molar-refractivity contribution in [1.82, 2.24) is 19.9 Å². The number of fused-ring (bicyclic) bond motifs is 1. The molecule has 11 heteroatoms. The number of non-ortho nitro benzene ring substituents is 1. The highest BCUT2D eigenvalue weighted by molar-refractivity contribution is 5.93. The van der Waals surface area contributed by atoms with E-state index in [0.29, 0.717) is 28.1 Å². The standard InChI is InChI=1S/C18H15N7O4/c1-10-6-11(8-12(7-10)25(27)28)20-15(26)9-24-14-5-3-2-4-13(14)21-18(24)16-17(19)23-29-22-16/h2-8H,9H2,1H3,(H2,19,23)(H,20,26). The topological polar surface area (TPSA) is 155 Å². The van der Waals surface area contributed by atoms with Crippen LogP contribution in [0.25, 0.3) is 22.6 Å². The Kier molecular flexibility index (Phi) is 4.39. The number of nitrogens with two attached hydrogens (primary N) is 1. The lowest BCUT2D eigenvalue weighted by atomic mass is 10.2. The van der Waals surface area contributed by atoms with E-state index in [1.165, 1.54) is 12.1 Å². The lowest BCUT2D eigenvalue weighted by Crippen LogP contribution is -2.19. The highest BCUT2D eigenvalue weighted by atomic mass is 16.6. The number of amides is 1. The number of aromatic nitrogens is 4. The molecule has 0 saturated carbocycles. The molecule has 4 rings (SSSR count). The van der Waals surface area contributed by atoms with Crippen LogP contribution in [-0.4, -0.2) is 30.7 Å². The Balaban J connectivity index is 1.68. The van der Waals surface area contributed by atoms with Crippen LogP contribution in [0.2, 0.25) is 0 Å². The second kappa shape index (κ2) is 7.03. The van der Waals surface area contributed by atoms with Gasteiger partial charge in [0, 0.05) is 17.8 Å². The number of nitro groups is 1. The Morgan fingerprint density at radius 1 is 1.28 bits per heavy atom. The average Bonchev–Trinajstić information content (AvgIpc) is 3.24. The molecular weight excluding hydrogens is 378 g/mol. The number of nitrogens with zero attached hydrogens (tertiary/aromatic N) is 5. The molecule has 1 amide bonds. The van der Waals surface area contributed by atoms with Crippen molar-refractivity contribution >= 4 is 34.1 Å². The van der Waals surface area contributed by atoms with Crippen molar-refractivity contribution in [3.8, 4) is 11.5 Å². The van der Waals surface area contributed by atoms with E-state index in [-0.39, 0.29) is 23.7 Å². The molecule has 0 unspecified atom stereocenters. The summed E-state index contributed by atoms with van der Waals surface area (Å²) in [6, 6.07) is 11.6. The van der Waals surface area contributed by atoms with Gasteiger partial charge >= 0.3 is 0 Å². The second-order valence-electron chi connectivity index (χ2n) is 6.37. The van der Waals surface area contributed by atoms with E-state index in [9.17, 15) is 14.9 Å². The van der Waals surface area contributed by atoms with Crippen LogP contribution >= 0.6 is 0 Å². The van der Waals surface area contributed by atoms with Crippen LogP contribution in [0, 0.1) is 17.0 Å². The number of nitrogens with one attached hydrogen (secondary N) is 1. The summed E-state index contributed by atoms with van der Waals surface area (Å²) in [5.74, 6) is -0.0177. The molecule has 11 nitrogen and oxygen atoms in total. The van der Waals surface area contributed by atoms with Crippen molar-refractivity contribution in [2.24, 2.45) is 0 Å². The molecule has 29 heavy (non-hydrogen) atoms. The van der Waals surface area contributed by atoms with Gasteiger partial charge in [0.1, 0.15) is 6.54 Å². The molecule has 0 radical (unpaired) electrons. The summed E-state index contributed by atoms with van der Waals surface area (Å²) in [6.45, 7) is 1.59. The molecule has 4 aromatic rings. The fourth-order valence-corrected chi connectivity index (χ4v) is 3.05. The molecule has 0 aliphatic carbocycles. The van der Waals surface area contributed by atoms with Crippen molar-refractivity contribution in [1.29, 1.82) is 0 Å². The van der Waals surface area contributed by atoms with E-state index in [4.69, 9.17) is 5.73 Å². The van der Waals surface area contributed by atoms with Crippen LogP contribution in [0.5, 0.6) is 0 Å². The Morgan fingerprint density at radius 3 is 2.79 bits per heavy atom. The van der Waals surface area contributed by atoms with Crippen LogP contribution in [0.3, 0.4) is 0 Å². The molecule has 2 aromatic carbocycles. The van der Waals surface area contributed by atoms with Gasteiger partial charge in [-0.3, -0.25) is 14.9 Å². The maximum absolute atomic E-state index is 12.7. The first kappa shape index (κ1) is 18.1. The van der Waals surface area contributed by atoms with Gasteiger partial charge < -0.3 is 15.6 Å². The third kappa shape index (κ3) is 3.48. The van der Waals surface area contributed by atoms with Crippen molar-refractivity contribution in [3.63, 3.8) is 0 Å². The van der Waals surface area contributed by atoms with E-state index in [2.05, 4.69) is 25.2 Å². The smallest absolute Gasteiger partial charge is 0.271 e. The summed E-state index contributed by atoms with van der Waals surface area (Å²) < 4.78 is 6.29. The fourth-order valence-electron chi connectivity index (χ4n) is 3.05. The number of carbonyl (C=O) groups is 1. The van der Waals surface area contributed by atoms with E-state index in [0.717, 1.165) is 0 Å². The van der Waals surface area contributed by atoms with E-state index < -0.39 is 10.8 Å². The largest absolute Gasteiger partial charge is 0.379 e. The minimum absolute atomic E-state index is 0.0521. The minimum Gasteiger partial charge on any atom is -0.379 e. The van der Waals surface area contributed by atoms with Crippen molar-refractivity contribution in [3.05, 3.63) is 58.1 Å². The molecule has 146 valence electrons. The summed E-state index contributed by atoms with van der Waals surface area (Å²) >= 11 is 0. The molecule has 0 aliphatic heterocycles. The zero-order chi connectivity index (χ0) is 20.5. The van der Waals surface area contributed by atoms with E-state index >= 15 is 0 Å². The average molecular weight is 393 g/mol. The van der Waals surface area contributed by atoms with E-state index in [1.807, 2.05) is 12.1 Å². The first-order chi connectivity index (χ1) is 13.9. The van der Waals surface area contributed by atoms with Crippen LogP contribution in [0.15, 0.2) is 47.1 Å². The summed E-state index contributed by atoms with van der Waals surface area (Å²) in [5.41, 5.74) is 8.23. The van der Waals surface area contributed by atoms with Gasteiger partial charge in [0.25, 0.3) is 5.69 Å². The van der Waals surface area contributed by atoms with Crippen LogP contribution < -0.4 is 11.1 Å². The quantitative estimate of drug-likeness (QED) is 0.387. The third-order valence-corrected chi connectivity index (χ3v) is 4.24. The summed E-state index contributed by atoms with van der Waals surface area (Å²) in [6.07, 6.45) is 0. The molecule has 2 heterocycles. The molecule has 3 N–H and O–H groups in total. The maximum Gasteiger partial charge on any atom is 0.271 e. The second-order valence-corrected chi connectivity index (χ2v) is 6.37. The number of benzene rings is 2. The summed E-state index contributed by atoms with van der Waals surface area (Å²) in [5, 5.41) is 21.1. The first-order valence-electron chi connectivity index (χ1n) is 8.52. The van der Waals surface area contributed by atoms with Gasteiger partial charge in [-0.2, -0.15) is 0 Å². The number of carbonyl (C=O) groups excluding carboxylic acids is 1. The first-order valence-corrected chi connectivity index (χ1v) is 8.52. The molecule has 2 aromatic heterocycles. The number of hydrogen-bond acceptors (Lipinski definition) is 8. The van der Waals surface area contributed by atoms with Gasteiger partial charge in [-0.25, -0.2) is 9.61 Å². The predicted molar refractivity (Wildman–Crippen MR) is 104 cm³/mol. The number of hydrogen-bond donors (Lipinski definition) is 2. The Labute approximate surface area is 163 Å². The van der Waals surface area contributed by atoms with Crippen LogP contribution in [0.1, 0.15) is 5.56 Å². The molecule has 0 atom stereocenters. The van der Waals surface area contributed by atoms with Gasteiger partial charge in [-0.1, -0.05) is 12.1 Å². The SMILES string of the molecule is Cc1cc(NC(=O)Cn2c(-c3nonc3N)nc3ccccc32)cc([N+](=O)[O-])c1. The van der Waals surface area contributed by atoms with E-state index in [1.54, 1.807) is 29.7 Å². The van der Waals surface area contributed by atoms with Crippen LogP contribution in [-0.2, 0) is 11.3 Å². The van der Waals surface area contributed by atoms with Gasteiger partial charge in [0.2, 0.25) is 5.91 Å². The lowest BCUT2D eigenvalue weighted by molar-refractivity contribution is -0.384. The Bertz CT molecular complexity index is 1240. The van der Waals surface area contributed by atoms with Gasteiger partial charge in [0.15, 0.2) is 17.3 Å². The zero-order valence-corrected chi connectivity index (χ0v) is 15.2. The number of para-hydroxylation sites is 2. The molecule has 0 saturated heterocycles. The lowest BCUT2D eigenvalue weighted by Gasteiger charge is -2.10. The highest BCUT2D eigenvalue weighted by Gasteiger charge is 2.21. The molecule has 0 bridgehead atoms. The summed E-state index contributed by atoms with van der Waals surface area (Å²) in [4.78, 5) is 27.7. The number of imidazole rings is 1.